The summed E-state index contributed by atoms with van der Waals surface area (Å²) in [6.07, 6.45) is 8.11. The molecular formula is C31H30N4O2S. The van der Waals surface area contributed by atoms with E-state index in [0.717, 1.165) is 62.4 Å². The van der Waals surface area contributed by atoms with E-state index in [1.165, 1.54) is 19.3 Å². The summed E-state index contributed by atoms with van der Waals surface area (Å²) in [5.41, 5.74) is 5.76. The molecule has 1 saturated carbocycles. The maximum atomic E-state index is 6.15. The molecule has 3 aromatic heterocycles. The van der Waals surface area contributed by atoms with E-state index < -0.39 is 0 Å². The number of pyridine rings is 1. The fourth-order valence-electron chi connectivity index (χ4n) is 4.89. The fourth-order valence-corrected chi connectivity index (χ4v) is 5.88. The first kappa shape index (κ1) is 24.4. The minimum Gasteiger partial charge on any atom is -0.489 e. The number of nitrogens with zero attached hydrogens (tertiary/aromatic N) is 3. The third-order valence-electron chi connectivity index (χ3n) is 6.94. The molecular weight excluding hydrogens is 492 g/mol. The molecule has 0 amide bonds. The number of aryl methyl sites for hydroxylation is 1. The van der Waals surface area contributed by atoms with Crippen molar-refractivity contribution in [2.45, 2.75) is 51.7 Å². The van der Waals surface area contributed by atoms with E-state index in [-0.39, 0.29) is 0 Å². The normalized spacial score (nSPS) is 13.9. The third kappa shape index (κ3) is 5.34. The van der Waals surface area contributed by atoms with Crippen molar-refractivity contribution in [3.05, 3.63) is 90.3 Å². The number of ether oxygens (including phenoxy) is 1. The lowest BCUT2D eigenvalue weighted by molar-refractivity contribution is 0.154. The average molecular weight is 523 g/mol. The van der Waals surface area contributed by atoms with E-state index in [1.807, 2.05) is 43.3 Å². The highest BCUT2D eigenvalue weighted by molar-refractivity contribution is 7.19. The molecule has 6 nitrogen and oxygen atoms in total. The summed E-state index contributed by atoms with van der Waals surface area (Å²) in [5, 5.41) is 8.60. The van der Waals surface area contributed by atoms with Crippen LogP contribution >= 0.6 is 11.3 Å². The molecule has 2 aromatic carbocycles. The van der Waals surface area contributed by atoms with Gasteiger partial charge in [-0.05, 0) is 50.3 Å². The Hall–Kier alpha value is -3.97. The molecule has 0 atom stereocenters. The zero-order valence-corrected chi connectivity index (χ0v) is 22.2. The summed E-state index contributed by atoms with van der Waals surface area (Å²) >= 11 is 1.65. The number of rotatable bonds is 8. The Morgan fingerprint density at radius 3 is 2.37 bits per heavy atom. The lowest BCUT2D eigenvalue weighted by Gasteiger charge is -2.22. The molecule has 7 heteroatoms. The second-order valence-electron chi connectivity index (χ2n) is 9.62. The molecule has 38 heavy (non-hydrogen) atoms. The molecule has 1 N–H and O–H groups in total. The van der Waals surface area contributed by atoms with Gasteiger partial charge in [0, 0.05) is 17.7 Å². The van der Waals surface area contributed by atoms with Gasteiger partial charge in [-0.3, -0.25) is 0 Å². The van der Waals surface area contributed by atoms with Gasteiger partial charge in [-0.15, -0.1) is 0 Å². The molecule has 5 aromatic rings. The Balaban J connectivity index is 1.22. The van der Waals surface area contributed by atoms with E-state index in [9.17, 15) is 0 Å². The van der Waals surface area contributed by atoms with Crippen molar-refractivity contribution < 1.29 is 9.26 Å². The van der Waals surface area contributed by atoms with Gasteiger partial charge < -0.3 is 14.6 Å². The third-order valence-corrected chi connectivity index (χ3v) is 8.00. The van der Waals surface area contributed by atoms with Crippen LogP contribution in [0.1, 0.15) is 43.4 Å². The average Bonchev–Trinajstić information content (AvgIpc) is 3.57. The van der Waals surface area contributed by atoms with Crippen LogP contribution in [-0.2, 0) is 6.54 Å². The zero-order valence-electron chi connectivity index (χ0n) is 21.4. The minimum absolute atomic E-state index is 0.295. The van der Waals surface area contributed by atoms with Crippen molar-refractivity contribution in [1.29, 1.82) is 0 Å². The summed E-state index contributed by atoms with van der Waals surface area (Å²) in [7, 11) is 0. The van der Waals surface area contributed by atoms with Gasteiger partial charge in [-0.25, -0.2) is 9.97 Å². The van der Waals surface area contributed by atoms with E-state index in [1.54, 1.807) is 17.5 Å². The first-order valence-electron chi connectivity index (χ1n) is 13.2. The SMILES string of the molecule is Cc1noc(-c2ccc(OC3CCCCC3)cn2)c1CNc1nc(-c2ccccc2)c(-c2ccccc2)s1. The highest BCUT2D eigenvalue weighted by Crippen LogP contribution is 2.39. The molecule has 192 valence electrons. The van der Waals surface area contributed by atoms with Crippen LogP contribution in [0.5, 0.6) is 5.75 Å². The molecule has 0 unspecified atom stereocenters. The number of thiazole rings is 1. The van der Waals surface area contributed by atoms with Gasteiger partial charge >= 0.3 is 0 Å². The highest BCUT2D eigenvalue weighted by Gasteiger charge is 2.20. The summed E-state index contributed by atoms with van der Waals surface area (Å²) in [4.78, 5) is 10.8. The van der Waals surface area contributed by atoms with Gasteiger partial charge in [0.15, 0.2) is 10.9 Å². The number of hydrogen-bond acceptors (Lipinski definition) is 7. The van der Waals surface area contributed by atoms with Crippen molar-refractivity contribution in [2.24, 2.45) is 0 Å². The Bertz CT molecular complexity index is 1420. The van der Waals surface area contributed by atoms with E-state index in [2.05, 4.69) is 51.9 Å². The summed E-state index contributed by atoms with van der Waals surface area (Å²) in [6, 6.07) is 24.6. The largest absolute Gasteiger partial charge is 0.489 e. The predicted octanol–water partition coefficient (Wildman–Crippen LogP) is 8.16. The van der Waals surface area contributed by atoms with Crippen LogP contribution in [0.4, 0.5) is 5.13 Å². The van der Waals surface area contributed by atoms with Crippen LogP contribution in [0.15, 0.2) is 83.5 Å². The highest BCUT2D eigenvalue weighted by atomic mass is 32.1. The van der Waals surface area contributed by atoms with Crippen molar-refractivity contribution in [3.63, 3.8) is 0 Å². The number of anilines is 1. The Morgan fingerprint density at radius 1 is 0.921 bits per heavy atom. The molecule has 3 heterocycles. The van der Waals surface area contributed by atoms with Crippen LogP contribution in [0, 0.1) is 6.92 Å². The fraction of sp³-hybridized carbons (Fsp3) is 0.258. The molecule has 1 aliphatic rings. The zero-order chi connectivity index (χ0) is 25.7. The molecule has 0 aliphatic heterocycles. The van der Waals surface area contributed by atoms with Gasteiger partial charge in [0.2, 0.25) is 0 Å². The quantitative estimate of drug-likeness (QED) is 0.222. The maximum absolute atomic E-state index is 6.15. The van der Waals surface area contributed by atoms with Crippen molar-refractivity contribution in [1.82, 2.24) is 15.1 Å². The number of aromatic nitrogens is 3. The van der Waals surface area contributed by atoms with Gasteiger partial charge in [0.25, 0.3) is 0 Å². The van der Waals surface area contributed by atoms with Gasteiger partial charge in [0.05, 0.1) is 28.6 Å². The Labute approximate surface area is 226 Å². The van der Waals surface area contributed by atoms with Gasteiger partial charge in [0.1, 0.15) is 11.4 Å². The summed E-state index contributed by atoms with van der Waals surface area (Å²) in [6.45, 7) is 2.49. The van der Waals surface area contributed by atoms with Gasteiger partial charge in [-0.2, -0.15) is 0 Å². The minimum atomic E-state index is 0.295. The van der Waals surface area contributed by atoms with Crippen LogP contribution in [0.2, 0.25) is 0 Å². The summed E-state index contributed by atoms with van der Waals surface area (Å²) in [5.74, 6) is 1.48. The van der Waals surface area contributed by atoms with E-state index >= 15 is 0 Å². The smallest absolute Gasteiger partial charge is 0.190 e. The maximum Gasteiger partial charge on any atom is 0.190 e. The number of benzene rings is 2. The molecule has 0 saturated heterocycles. The van der Waals surface area contributed by atoms with Crippen LogP contribution in [0.25, 0.3) is 33.2 Å². The van der Waals surface area contributed by atoms with E-state index in [4.69, 9.17) is 14.2 Å². The second-order valence-corrected chi connectivity index (χ2v) is 10.6. The lowest BCUT2D eigenvalue weighted by atomic mass is 9.98. The standard InChI is InChI=1S/C31H30N4O2S/c1-21-26(29(37-35-21)27-18-17-25(19-32-27)36-24-15-9-4-10-16-24)20-33-31-34-28(22-11-5-2-6-12-22)30(38-31)23-13-7-3-8-14-23/h2-3,5-8,11-14,17-19,24H,4,9-10,15-16,20H2,1H3,(H,33,34). The predicted molar refractivity (Wildman–Crippen MR) is 152 cm³/mol. The topological polar surface area (TPSA) is 73.1 Å². The second kappa shape index (κ2) is 11.2. The van der Waals surface area contributed by atoms with Crippen molar-refractivity contribution >= 4 is 16.5 Å². The molecule has 0 spiro atoms. The lowest BCUT2D eigenvalue weighted by Crippen LogP contribution is -2.19. The molecule has 0 bridgehead atoms. The van der Waals surface area contributed by atoms with Crippen LogP contribution in [0.3, 0.4) is 0 Å². The van der Waals surface area contributed by atoms with Crippen molar-refractivity contribution in [2.75, 3.05) is 5.32 Å². The van der Waals surface area contributed by atoms with Crippen molar-refractivity contribution in [3.8, 4) is 38.9 Å². The molecule has 0 radical (unpaired) electrons. The molecule has 6 rings (SSSR count). The summed E-state index contributed by atoms with van der Waals surface area (Å²) < 4.78 is 11.9. The monoisotopic (exact) mass is 522 g/mol. The first-order valence-corrected chi connectivity index (χ1v) is 14.0. The van der Waals surface area contributed by atoms with Crippen LogP contribution in [-0.4, -0.2) is 21.2 Å². The number of nitrogens with one attached hydrogen (secondary N) is 1. The molecule has 1 fully saturated rings. The Kier molecular flexibility index (Phi) is 7.18. The van der Waals surface area contributed by atoms with E-state index in [0.29, 0.717) is 18.4 Å². The molecule has 1 aliphatic carbocycles. The Morgan fingerprint density at radius 2 is 1.66 bits per heavy atom. The van der Waals surface area contributed by atoms with Crippen LogP contribution < -0.4 is 10.1 Å². The number of hydrogen-bond donors (Lipinski definition) is 1. The first-order chi connectivity index (χ1) is 18.7. The van der Waals surface area contributed by atoms with Gasteiger partial charge in [-0.1, -0.05) is 83.6 Å².